The van der Waals surface area contributed by atoms with Crippen molar-refractivity contribution >= 4 is 11.5 Å². The number of hydrogen-bond donors (Lipinski definition) is 3. The SMILES string of the molecule is Cc1ccnc(NCC(O)CC(C)(C)C)c1N. The number of aliphatic hydroxyl groups excluding tert-OH is 1. The van der Waals surface area contributed by atoms with Gasteiger partial charge in [-0.05, 0) is 30.4 Å². The number of anilines is 2. The summed E-state index contributed by atoms with van der Waals surface area (Å²) < 4.78 is 0. The quantitative estimate of drug-likeness (QED) is 0.750. The number of rotatable bonds is 4. The fourth-order valence-corrected chi connectivity index (χ4v) is 1.70. The Morgan fingerprint density at radius 3 is 2.71 bits per heavy atom. The summed E-state index contributed by atoms with van der Waals surface area (Å²) in [6.07, 6.45) is 2.06. The molecule has 0 saturated carbocycles. The molecule has 1 rings (SSSR count). The number of nitrogens with two attached hydrogens (primary N) is 1. The first-order chi connectivity index (χ1) is 7.79. The molecule has 1 aromatic heterocycles. The first kappa shape index (κ1) is 13.8. The molecule has 96 valence electrons. The van der Waals surface area contributed by atoms with Crippen LogP contribution < -0.4 is 11.1 Å². The Hall–Kier alpha value is -1.29. The number of hydrogen-bond acceptors (Lipinski definition) is 4. The number of aryl methyl sites for hydroxylation is 1. The highest BCUT2D eigenvalue weighted by atomic mass is 16.3. The Balaban J connectivity index is 2.53. The van der Waals surface area contributed by atoms with E-state index in [1.165, 1.54) is 0 Å². The number of aromatic nitrogens is 1. The molecule has 0 spiro atoms. The Kier molecular flexibility index (Phi) is 4.34. The van der Waals surface area contributed by atoms with E-state index in [1.54, 1.807) is 6.20 Å². The van der Waals surface area contributed by atoms with E-state index in [4.69, 9.17) is 5.73 Å². The minimum absolute atomic E-state index is 0.118. The summed E-state index contributed by atoms with van der Waals surface area (Å²) in [5, 5.41) is 13.0. The first-order valence-corrected chi connectivity index (χ1v) is 5.92. The van der Waals surface area contributed by atoms with Crippen LogP contribution >= 0.6 is 0 Å². The third kappa shape index (κ3) is 4.61. The molecule has 0 aliphatic carbocycles. The van der Waals surface area contributed by atoms with E-state index in [1.807, 2.05) is 13.0 Å². The summed E-state index contributed by atoms with van der Waals surface area (Å²) >= 11 is 0. The van der Waals surface area contributed by atoms with Gasteiger partial charge in [-0.15, -0.1) is 0 Å². The molecule has 1 unspecified atom stereocenters. The fourth-order valence-electron chi connectivity index (χ4n) is 1.70. The normalized spacial score (nSPS) is 13.5. The molecule has 0 aliphatic heterocycles. The average molecular weight is 237 g/mol. The molecule has 4 N–H and O–H groups in total. The van der Waals surface area contributed by atoms with Crippen LogP contribution in [0.5, 0.6) is 0 Å². The molecule has 0 radical (unpaired) electrons. The lowest BCUT2D eigenvalue weighted by Crippen LogP contribution is -2.25. The maximum atomic E-state index is 9.88. The highest BCUT2D eigenvalue weighted by Gasteiger charge is 2.16. The van der Waals surface area contributed by atoms with Gasteiger partial charge in [0.25, 0.3) is 0 Å². The third-order valence-corrected chi connectivity index (χ3v) is 2.56. The van der Waals surface area contributed by atoms with Crippen LogP contribution in [0.2, 0.25) is 0 Å². The highest BCUT2D eigenvalue weighted by Crippen LogP contribution is 2.22. The average Bonchev–Trinajstić information content (AvgIpc) is 2.18. The number of nitrogens with zero attached hydrogens (tertiary/aromatic N) is 1. The molecule has 0 aliphatic rings. The van der Waals surface area contributed by atoms with Crippen molar-refractivity contribution in [2.24, 2.45) is 5.41 Å². The maximum Gasteiger partial charge on any atom is 0.149 e. The first-order valence-electron chi connectivity index (χ1n) is 5.92. The van der Waals surface area contributed by atoms with E-state index >= 15 is 0 Å². The van der Waals surface area contributed by atoms with Crippen molar-refractivity contribution in [1.29, 1.82) is 0 Å². The molecule has 0 fully saturated rings. The van der Waals surface area contributed by atoms with Gasteiger partial charge in [0.05, 0.1) is 11.8 Å². The van der Waals surface area contributed by atoms with Crippen molar-refractivity contribution < 1.29 is 5.11 Å². The topological polar surface area (TPSA) is 71.2 Å². The Bertz CT molecular complexity index is 371. The summed E-state index contributed by atoms with van der Waals surface area (Å²) in [4.78, 5) is 4.16. The lowest BCUT2D eigenvalue weighted by molar-refractivity contribution is 0.132. The molecule has 4 heteroatoms. The van der Waals surface area contributed by atoms with Crippen LogP contribution in [-0.4, -0.2) is 22.7 Å². The smallest absolute Gasteiger partial charge is 0.149 e. The molecule has 17 heavy (non-hydrogen) atoms. The Morgan fingerprint density at radius 1 is 1.47 bits per heavy atom. The highest BCUT2D eigenvalue weighted by molar-refractivity contribution is 5.64. The van der Waals surface area contributed by atoms with Crippen molar-refractivity contribution in [2.45, 2.75) is 40.2 Å². The molecule has 0 bridgehead atoms. The molecular formula is C13H23N3O. The van der Waals surface area contributed by atoms with Crippen LogP contribution in [-0.2, 0) is 0 Å². The Labute approximate surface area is 103 Å². The van der Waals surface area contributed by atoms with Crippen LogP contribution in [0.3, 0.4) is 0 Å². The monoisotopic (exact) mass is 237 g/mol. The van der Waals surface area contributed by atoms with E-state index < -0.39 is 6.10 Å². The zero-order chi connectivity index (χ0) is 13.1. The summed E-state index contributed by atoms with van der Waals surface area (Å²) in [7, 11) is 0. The second-order valence-electron chi connectivity index (χ2n) is 5.69. The van der Waals surface area contributed by atoms with Crippen LogP contribution in [0.25, 0.3) is 0 Å². The minimum Gasteiger partial charge on any atom is -0.396 e. The van der Waals surface area contributed by atoms with Gasteiger partial charge in [-0.3, -0.25) is 0 Å². The molecule has 4 nitrogen and oxygen atoms in total. The van der Waals surface area contributed by atoms with E-state index in [2.05, 4.69) is 31.1 Å². The van der Waals surface area contributed by atoms with Gasteiger partial charge in [0.15, 0.2) is 0 Å². The van der Waals surface area contributed by atoms with E-state index in [9.17, 15) is 5.11 Å². The third-order valence-electron chi connectivity index (χ3n) is 2.56. The fraction of sp³-hybridized carbons (Fsp3) is 0.615. The summed E-state index contributed by atoms with van der Waals surface area (Å²) in [5.74, 6) is 0.651. The van der Waals surface area contributed by atoms with Gasteiger partial charge in [0, 0.05) is 12.7 Å². The molecule has 1 atom stereocenters. The van der Waals surface area contributed by atoms with Crippen LogP contribution in [0.4, 0.5) is 11.5 Å². The van der Waals surface area contributed by atoms with Crippen LogP contribution in [0, 0.1) is 12.3 Å². The standard InChI is InChI=1S/C13H23N3O/c1-9-5-6-15-12(11(9)14)16-8-10(17)7-13(2,3)4/h5-6,10,17H,7-8,14H2,1-4H3,(H,15,16). The summed E-state index contributed by atoms with van der Waals surface area (Å²) in [6, 6.07) is 1.87. The summed E-state index contributed by atoms with van der Waals surface area (Å²) in [6.45, 7) is 8.73. The number of nitrogen functional groups attached to an aromatic ring is 1. The second-order valence-corrected chi connectivity index (χ2v) is 5.69. The lowest BCUT2D eigenvalue weighted by atomic mass is 9.89. The zero-order valence-corrected chi connectivity index (χ0v) is 11.1. The zero-order valence-electron chi connectivity index (χ0n) is 11.1. The molecular weight excluding hydrogens is 214 g/mol. The van der Waals surface area contributed by atoms with Gasteiger partial charge in [-0.2, -0.15) is 0 Å². The number of nitrogens with one attached hydrogen (secondary N) is 1. The van der Waals surface area contributed by atoms with Crippen LogP contribution in [0.1, 0.15) is 32.8 Å². The number of aliphatic hydroxyl groups is 1. The van der Waals surface area contributed by atoms with Gasteiger partial charge in [0.2, 0.25) is 0 Å². The predicted molar refractivity (Wildman–Crippen MR) is 72.0 cm³/mol. The minimum atomic E-state index is -0.392. The predicted octanol–water partition coefficient (Wildman–Crippen LogP) is 2.18. The lowest BCUT2D eigenvalue weighted by Gasteiger charge is -2.22. The number of pyridine rings is 1. The van der Waals surface area contributed by atoms with Crippen LogP contribution in [0.15, 0.2) is 12.3 Å². The van der Waals surface area contributed by atoms with E-state index in [0.717, 1.165) is 12.0 Å². The summed E-state index contributed by atoms with van der Waals surface area (Å²) in [5.41, 5.74) is 7.65. The molecule has 0 saturated heterocycles. The largest absolute Gasteiger partial charge is 0.396 e. The molecule has 0 amide bonds. The van der Waals surface area contributed by atoms with Crippen molar-refractivity contribution in [1.82, 2.24) is 4.98 Å². The van der Waals surface area contributed by atoms with Gasteiger partial charge in [-0.25, -0.2) is 4.98 Å². The Morgan fingerprint density at radius 2 is 2.12 bits per heavy atom. The molecule has 0 aromatic carbocycles. The van der Waals surface area contributed by atoms with Gasteiger partial charge < -0.3 is 16.2 Å². The maximum absolute atomic E-state index is 9.88. The van der Waals surface area contributed by atoms with Crippen molar-refractivity contribution in [2.75, 3.05) is 17.6 Å². The van der Waals surface area contributed by atoms with E-state index in [0.29, 0.717) is 18.1 Å². The molecule has 1 heterocycles. The van der Waals surface area contributed by atoms with Gasteiger partial charge in [-0.1, -0.05) is 20.8 Å². The van der Waals surface area contributed by atoms with E-state index in [-0.39, 0.29) is 5.41 Å². The molecule has 1 aromatic rings. The van der Waals surface area contributed by atoms with Gasteiger partial charge >= 0.3 is 0 Å². The van der Waals surface area contributed by atoms with Crippen molar-refractivity contribution in [3.05, 3.63) is 17.8 Å². The second kappa shape index (κ2) is 5.36. The van der Waals surface area contributed by atoms with Gasteiger partial charge in [0.1, 0.15) is 5.82 Å². The van der Waals surface area contributed by atoms with Crippen molar-refractivity contribution in [3.8, 4) is 0 Å². The van der Waals surface area contributed by atoms with Crippen molar-refractivity contribution in [3.63, 3.8) is 0 Å².